The first kappa shape index (κ1) is 13.3. The van der Waals surface area contributed by atoms with Crippen LogP contribution in [0, 0.1) is 5.92 Å². The molecule has 0 radical (unpaired) electrons. The molecule has 3 heteroatoms. The minimum atomic E-state index is 0.893. The predicted octanol–water partition coefficient (Wildman–Crippen LogP) is 3.13. The van der Waals surface area contributed by atoms with E-state index >= 15 is 0 Å². The molecule has 0 amide bonds. The van der Waals surface area contributed by atoms with E-state index in [0.717, 1.165) is 12.5 Å². The molecule has 2 nitrogen and oxygen atoms in total. The monoisotopic (exact) mass is 276 g/mol. The van der Waals surface area contributed by atoms with Gasteiger partial charge in [-0.15, -0.1) is 0 Å². The Balaban J connectivity index is 1.56. The van der Waals surface area contributed by atoms with Gasteiger partial charge in [-0.2, -0.15) is 11.8 Å². The second-order valence-electron chi connectivity index (χ2n) is 5.68. The molecule has 0 saturated carbocycles. The van der Waals surface area contributed by atoms with Gasteiger partial charge in [0.05, 0.1) is 0 Å². The molecule has 2 fully saturated rings. The van der Waals surface area contributed by atoms with Crippen molar-refractivity contribution in [3.8, 4) is 0 Å². The van der Waals surface area contributed by atoms with Crippen molar-refractivity contribution in [2.24, 2.45) is 5.92 Å². The molecular formula is C16H24N2S. The molecule has 2 aliphatic rings. The summed E-state index contributed by atoms with van der Waals surface area (Å²) in [6, 6.07) is 8.91. The zero-order chi connectivity index (χ0) is 12.9. The maximum atomic E-state index is 3.67. The number of hydrogen-bond donors (Lipinski definition) is 1. The molecular weight excluding hydrogens is 252 g/mol. The van der Waals surface area contributed by atoms with Crippen LogP contribution < -0.4 is 10.2 Å². The fraction of sp³-hybridized carbons (Fsp3) is 0.625. The Labute approximate surface area is 121 Å². The van der Waals surface area contributed by atoms with E-state index in [0.29, 0.717) is 0 Å². The van der Waals surface area contributed by atoms with Crippen LogP contribution in [0.15, 0.2) is 24.3 Å². The zero-order valence-corrected chi connectivity index (χ0v) is 12.4. The number of benzene rings is 1. The summed E-state index contributed by atoms with van der Waals surface area (Å²) in [5, 5.41) is 3.67. The summed E-state index contributed by atoms with van der Waals surface area (Å²) in [6.07, 6.45) is 4.09. The second kappa shape index (κ2) is 6.67. The van der Waals surface area contributed by atoms with Crippen LogP contribution in [-0.2, 0) is 6.54 Å². The number of hydrogen-bond acceptors (Lipinski definition) is 3. The first-order chi connectivity index (χ1) is 9.43. The van der Waals surface area contributed by atoms with Gasteiger partial charge in [-0.05, 0) is 54.9 Å². The van der Waals surface area contributed by atoms with Gasteiger partial charge in [0.15, 0.2) is 0 Å². The summed E-state index contributed by atoms with van der Waals surface area (Å²) >= 11 is 2.10. The lowest BCUT2D eigenvalue weighted by molar-refractivity contribution is 0.523. The van der Waals surface area contributed by atoms with Crippen LogP contribution in [-0.4, -0.2) is 31.1 Å². The van der Waals surface area contributed by atoms with E-state index in [9.17, 15) is 0 Å². The Hall–Kier alpha value is -0.670. The minimum Gasteiger partial charge on any atom is -0.371 e. The average molecular weight is 276 g/mol. The number of nitrogens with one attached hydrogen (secondary N) is 1. The maximum absolute atomic E-state index is 3.67. The van der Waals surface area contributed by atoms with Crippen molar-refractivity contribution in [3.05, 3.63) is 29.8 Å². The Kier molecular flexibility index (Phi) is 4.67. The van der Waals surface area contributed by atoms with Gasteiger partial charge in [-0.1, -0.05) is 18.2 Å². The highest BCUT2D eigenvalue weighted by molar-refractivity contribution is 7.99. The molecule has 1 atom stereocenters. The summed E-state index contributed by atoms with van der Waals surface area (Å²) < 4.78 is 0. The van der Waals surface area contributed by atoms with Gasteiger partial charge in [-0.25, -0.2) is 0 Å². The molecule has 0 spiro atoms. The molecule has 2 aliphatic heterocycles. The molecule has 104 valence electrons. The molecule has 3 rings (SSSR count). The summed E-state index contributed by atoms with van der Waals surface area (Å²) in [5.74, 6) is 3.60. The fourth-order valence-electron chi connectivity index (χ4n) is 3.08. The fourth-order valence-corrected chi connectivity index (χ4v) is 4.37. The predicted molar refractivity (Wildman–Crippen MR) is 85.0 cm³/mol. The second-order valence-corrected chi connectivity index (χ2v) is 6.83. The quantitative estimate of drug-likeness (QED) is 0.889. The standard InChI is InChI=1S/C16H24N2S/c1-2-6-16(18-8-3-4-9-18)15(5-1)12-17-11-14-7-10-19-13-14/h1-2,5-6,14,17H,3-4,7-13H2. The molecule has 0 aromatic heterocycles. The van der Waals surface area contributed by atoms with Gasteiger partial charge >= 0.3 is 0 Å². The van der Waals surface area contributed by atoms with Crippen molar-refractivity contribution < 1.29 is 0 Å². The number of rotatable bonds is 5. The normalized spacial score (nSPS) is 23.2. The van der Waals surface area contributed by atoms with Crippen molar-refractivity contribution in [1.29, 1.82) is 0 Å². The molecule has 1 N–H and O–H groups in total. The summed E-state index contributed by atoms with van der Waals surface area (Å²) in [4.78, 5) is 2.54. The summed E-state index contributed by atoms with van der Waals surface area (Å²) in [7, 11) is 0. The van der Waals surface area contributed by atoms with Crippen molar-refractivity contribution in [2.75, 3.05) is 36.0 Å². The van der Waals surface area contributed by atoms with Gasteiger partial charge in [0.1, 0.15) is 0 Å². The van der Waals surface area contributed by atoms with E-state index in [1.807, 2.05) is 0 Å². The van der Waals surface area contributed by atoms with Crippen molar-refractivity contribution in [2.45, 2.75) is 25.8 Å². The molecule has 1 unspecified atom stereocenters. The molecule has 2 saturated heterocycles. The SMILES string of the molecule is c1ccc(N2CCCC2)c(CNCC2CCSC2)c1. The van der Waals surface area contributed by atoms with Crippen molar-refractivity contribution in [1.82, 2.24) is 5.32 Å². The third kappa shape index (κ3) is 3.46. The first-order valence-electron chi connectivity index (χ1n) is 7.55. The molecule has 0 bridgehead atoms. The summed E-state index contributed by atoms with van der Waals surface area (Å²) in [5.41, 5.74) is 2.92. The number of nitrogens with zero attached hydrogens (tertiary/aromatic N) is 1. The molecule has 1 aromatic rings. The van der Waals surface area contributed by atoms with E-state index in [-0.39, 0.29) is 0 Å². The molecule has 19 heavy (non-hydrogen) atoms. The molecule has 1 aromatic carbocycles. The van der Waals surface area contributed by atoms with E-state index in [4.69, 9.17) is 0 Å². The Bertz CT molecular complexity index is 395. The zero-order valence-electron chi connectivity index (χ0n) is 11.6. The van der Waals surface area contributed by atoms with Crippen LogP contribution >= 0.6 is 11.8 Å². The van der Waals surface area contributed by atoms with Crippen LogP contribution in [0.2, 0.25) is 0 Å². The van der Waals surface area contributed by atoms with Crippen molar-refractivity contribution >= 4 is 17.4 Å². The minimum absolute atomic E-state index is 0.893. The number of para-hydroxylation sites is 1. The molecule has 0 aliphatic carbocycles. The highest BCUT2D eigenvalue weighted by Crippen LogP contribution is 2.25. The lowest BCUT2D eigenvalue weighted by Crippen LogP contribution is -2.25. The van der Waals surface area contributed by atoms with Crippen LogP contribution in [0.3, 0.4) is 0 Å². The lowest BCUT2D eigenvalue weighted by Gasteiger charge is -2.22. The van der Waals surface area contributed by atoms with E-state index in [1.54, 1.807) is 0 Å². The lowest BCUT2D eigenvalue weighted by atomic mass is 10.1. The number of thioether (sulfide) groups is 1. The Morgan fingerprint density at radius 1 is 1.21 bits per heavy atom. The van der Waals surface area contributed by atoms with Gasteiger partial charge in [0.25, 0.3) is 0 Å². The molecule has 2 heterocycles. The number of anilines is 1. The first-order valence-corrected chi connectivity index (χ1v) is 8.70. The van der Waals surface area contributed by atoms with E-state index < -0.39 is 0 Å². The van der Waals surface area contributed by atoms with Gasteiger partial charge in [-0.3, -0.25) is 0 Å². The largest absolute Gasteiger partial charge is 0.371 e. The van der Waals surface area contributed by atoms with Crippen LogP contribution in [0.25, 0.3) is 0 Å². The van der Waals surface area contributed by atoms with Gasteiger partial charge < -0.3 is 10.2 Å². The average Bonchev–Trinajstić information content (AvgIpc) is 3.12. The van der Waals surface area contributed by atoms with Crippen LogP contribution in [0.1, 0.15) is 24.8 Å². The highest BCUT2D eigenvalue weighted by Gasteiger charge is 2.17. The van der Waals surface area contributed by atoms with E-state index in [1.165, 1.54) is 61.7 Å². The third-order valence-corrected chi connectivity index (χ3v) is 5.44. The Morgan fingerprint density at radius 3 is 2.84 bits per heavy atom. The maximum Gasteiger partial charge on any atom is 0.0411 e. The third-order valence-electron chi connectivity index (χ3n) is 4.21. The van der Waals surface area contributed by atoms with Crippen molar-refractivity contribution in [3.63, 3.8) is 0 Å². The topological polar surface area (TPSA) is 15.3 Å². The van der Waals surface area contributed by atoms with E-state index in [2.05, 4.69) is 46.2 Å². The van der Waals surface area contributed by atoms with Crippen LogP contribution in [0.4, 0.5) is 5.69 Å². The Morgan fingerprint density at radius 2 is 2.05 bits per heavy atom. The highest BCUT2D eigenvalue weighted by atomic mass is 32.2. The smallest absolute Gasteiger partial charge is 0.0411 e. The van der Waals surface area contributed by atoms with Crippen LogP contribution in [0.5, 0.6) is 0 Å². The summed E-state index contributed by atoms with van der Waals surface area (Å²) in [6.45, 7) is 4.67. The van der Waals surface area contributed by atoms with Gasteiger partial charge in [0, 0.05) is 25.3 Å². The van der Waals surface area contributed by atoms with Gasteiger partial charge in [0.2, 0.25) is 0 Å².